The number of hydrogen-bond donors (Lipinski definition) is 0. The van der Waals surface area contributed by atoms with Crippen LogP contribution < -0.4 is 14.3 Å². The summed E-state index contributed by atoms with van der Waals surface area (Å²) >= 11 is 1.11. The smallest absolute Gasteiger partial charge is 0.326 e. The second kappa shape index (κ2) is 8.04. The monoisotopic (exact) mass is 416 g/mol. The minimum atomic E-state index is -0.914. The standard InChI is InChI=1S/C20H17FN2O5S/c1-2-26-18(24)10-23-13-8-7-12(21)9-17(13)29-20(23)22-19(25)16-11-27-14-5-3-4-6-15(14)28-16/h3-9,16H,2,10-11H2,1H3/t16-/m0/s1. The number of hydrogen-bond acceptors (Lipinski definition) is 6. The van der Waals surface area contributed by atoms with Crippen molar-refractivity contribution in [2.24, 2.45) is 4.99 Å². The first kappa shape index (κ1) is 19.1. The van der Waals surface area contributed by atoms with Crippen LogP contribution in [0.25, 0.3) is 10.2 Å². The van der Waals surface area contributed by atoms with Crippen molar-refractivity contribution in [2.45, 2.75) is 19.6 Å². The Balaban J connectivity index is 1.69. The van der Waals surface area contributed by atoms with Crippen molar-refractivity contribution in [3.63, 3.8) is 0 Å². The van der Waals surface area contributed by atoms with E-state index in [0.29, 0.717) is 21.7 Å². The molecule has 2 heterocycles. The molecule has 0 saturated carbocycles. The van der Waals surface area contributed by atoms with Gasteiger partial charge in [0.15, 0.2) is 16.3 Å². The highest BCUT2D eigenvalue weighted by molar-refractivity contribution is 7.16. The lowest BCUT2D eigenvalue weighted by atomic mass is 10.2. The number of carbonyl (C=O) groups is 2. The lowest BCUT2D eigenvalue weighted by molar-refractivity contribution is -0.143. The van der Waals surface area contributed by atoms with Gasteiger partial charge in [-0.25, -0.2) is 4.39 Å². The average molecular weight is 416 g/mol. The summed E-state index contributed by atoms with van der Waals surface area (Å²) in [6, 6.07) is 11.2. The average Bonchev–Trinajstić information content (AvgIpc) is 3.03. The molecule has 0 N–H and O–H groups in total. The van der Waals surface area contributed by atoms with E-state index in [1.165, 1.54) is 16.7 Å². The van der Waals surface area contributed by atoms with Crippen LogP contribution in [-0.2, 0) is 20.9 Å². The number of para-hydroxylation sites is 2. The molecule has 3 aromatic rings. The van der Waals surface area contributed by atoms with Crippen molar-refractivity contribution in [1.29, 1.82) is 0 Å². The van der Waals surface area contributed by atoms with E-state index < -0.39 is 23.8 Å². The second-order valence-corrected chi connectivity index (χ2v) is 7.21. The number of halogens is 1. The van der Waals surface area contributed by atoms with Gasteiger partial charge in [-0.1, -0.05) is 23.5 Å². The molecule has 29 heavy (non-hydrogen) atoms. The lowest BCUT2D eigenvalue weighted by Crippen LogP contribution is -2.37. The zero-order chi connectivity index (χ0) is 20.4. The van der Waals surface area contributed by atoms with E-state index in [-0.39, 0.29) is 24.6 Å². The number of esters is 1. The Kier molecular flexibility index (Phi) is 5.30. The van der Waals surface area contributed by atoms with E-state index in [4.69, 9.17) is 14.2 Å². The van der Waals surface area contributed by atoms with Crippen LogP contribution in [0.3, 0.4) is 0 Å². The van der Waals surface area contributed by atoms with Gasteiger partial charge in [0.05, 0.1) is 16.8 Å². The predicted octanol–water partition coefficient (Wildman–Crippen LogP) is 2.67. The van der Waals surface area contributed by atoms with Crippen LogP contribution >= 0.6 is 11.3 Å². The Bertz CT molecular complexity index is 1150. The topological polar surface area (TPSA) is 79.1 Å². The summed E-state index contributed by atoms with van der Waals surface area (Å²) in [6.45, 7) is 1.82. The van der Waals surface area contributed by atoms with Crippen molar-refractivity contribution in [3.8, 4) is 11.5 Å². The molecule has 0 aliphatic carbocycles. The number of rotatable bonds is 4. The number of benzene rings is 2. The predicted molar refractivity (Wildman–Crippen MR) is 103 cm³/mol. The van der Waals surface area contributed by atoms with Gasteiger partial charge in [-0.15, -0.1) is 0 Å². The van der Waals surface area contributed by atoms with Crippen LogP contribution in [0.5, 0.6) is 11.5 Å². The van der Waals surface area contributed by atoms with Crippen LogP contribution in [-0.4, -0.2) is 35.8 Å². The molecule has 1 aromatic heterocycles. The number of aromatic nitrogens is 1. The maximum Gasteiger partial charge on any atom is 0.326 e. The van der Waals surface area contributed by atoms with Crippen LogP contribution in [0.15, 0.2) is 47.5 Å². The van der Waals surface area contributed by atoms with E-state index in [2.05, 4.69) is 4.99 Å². The van der Waals surface area contributed by atoms with Crippen LogP contribution in [0.2, 0.25) is 0 Å². The van der Waals surface area contributed by atoms with Gasteiger partial charge in [0.1, 0.15) is 19.0 Å². The molecule has 1 aliphatic rings. The molecule has 0 bridgehead atoms. The third-order valence-corrected chi connectivity index (χ3v) is 5.27. The fraction of sp³-hybridized carbons (Fsp3) is 0.250. The Morgan fingerprint density at radius 2 is 2.07 bits per heavy atom. The fourth-order valence-electron chi connectivity index (χ4n) is 2.93. The van der Waals surface area contributed by atoms with Gasteiger partial charge in [0.25, 0.3) is 5.91 Å². The van der Waals surface area contributed by atoms with Crippen molar-refractivity contribution >= 4 is 33.4 Å². The summed E-state index contributed by atoms with van der Waals surface area (Å²) in [5.74, 6) is -0.419. The van der Waals surface area contributed by atoms with Crippen molar-refractivity contribution in [3.05, 3.63) is 53.1 Å². The highest BCUT2D eigenvalue weighted by atomic mass is 32.1. The SMILES string of the molecule is CCOC(=O)Cn1c(=NC(=O)[C@@H]2COc3ccccc3O2)sc2cc(F)ccc21. The molecule has 0 fully saturated rings. The molecular formula is C20H17FN2O5S. The number of nitrogens with zero attached hydrogens (tertiary/aromatic N) is 2. The highest BCUT2D eigenvalue weighted by Gasteiger charge is 2.27. The molecular weight excluding hydrogens is 399 g/mol. The van der Waals surface area contributed by atoms with E-state index >= 15 is 0 Å². The van der Waals surface area contributed by atoms with Crippen molar-refractivity contribution < 1.29 is 28.2 Å². The molecule has 0 unspecified atom stereocenters. The first-order chi connectivity index (χ1) is 14.0. The summed E-state index contributed by atoms with van der Waals surface area (Å²) in [6.07, 6.45) is -0.914. The van der Waals surface area contributed by atoms with Crippen molar-refractivity contribution in [2.75, 3.05) is 13.2 Å². The summed E-state index contributed by atoms with van der Waals surface area (Å²) in [5.41, 5.74) is 0.585. The summed E-state index contributed by atoms with van der Waals surface area (Å²) in [7, 11) is 0. The molecule has 7 nitrogen and oxygen atoms in total. The normalized spacial score (nSPS) is 16.1. The quantitative estimate of drug-likeness (QED) is 0.611. The molecule has 0 radical (unpaired) electrons. The van der Waals surface area contributed by atoms with Crippen LogP contribution in [0.4, 0.5) is 4.39 Å². The molecule has 1 aliphatic heterocycles. The highest BCUT2D eigenvalue weighted by Crippen LogP contribution is 2.31. The van der Waals surface area contributed by atoms with Crippen LogP contribution in [0.1, 0.15) is 6.92 Å². The molecule has 9 heteroatoms. The van der Waals surface area contributed by atoms with E-state index in [1.807, 2.05) is 6.07 Å². The molecule has 0 spiro atoms. The molecule has 1 amide bonds. The number of amides is 1. The van der Waals surface area contributed by atoms with Crippen molar-refractivity contribution in [1.82, 2.24) is 4.57 Å². The van der Waals surface area contributed by atoms with Gasteiger partial charge < -0.3 is 18.8 Å². The largest absolute Gasteiger partial charge is 0.485 e. The Morgan fingerprint density at radius 1 is 1.28 bits per heavy atom. The third-order valence-electron chi connectivity index (χ3n) is 4.23. The number of ether oxygens (including phenoxy) is 3. The zero-order valence-electron chi connectivity index (χ0n) is 15.5. The number of carbonyl (C=O) groups excluding carboxylic acids is 2. The minimum absolute atomic E-state index is 0.0245. The summed E-state index contributed by atoms with van der Waals surface area (Å²) in [4.78, 5) is 29.1. The van der Waals surface area contributed by atoms with Gasteiger partial charge >= 0.3 is 5.97 Å². The molecule has 0 saturated heterocycles. The zero-order valence-corrected chi connectivity index (χ0v) is 16.3. The van der Waals surface area contributed by atoms with Gasteiger partial charge in [-0.05, 0) is 37.3 Å². The van der Waals surface area contributed by atoms with E-state index in [1.54, 1.807) is 31.2 Å². The number of fused-ring (bicyclic) bond motifs is 2. The van der Waals surface area contributed by atoms with Gasteiger partial charge in [0, 0.05) is 0 Å². The van der Waals surface area contributed by atoms with Gasteiger partial charge in [-0.3, -0.25) is 9.59 Å². The fourth-order valence-corrected chi connectivity index (χ4v) is 3.99. The summed E-state index contributed by atoms with van der Waals surface area (Å²) < 4.78 is 32.0. The first-order valence-corrected chi connectivity index (χ1v) is 9.78. The summed E-state index contributed by atoms with van der Waals surface area (Å²) in [5, 5.41) is 0. The molecule has 2 aromatic carbocycles. The molecule has 150 valence electrons. The van der Waals surface area contributed by atoms with Gasteiger partial charge in [0.2, 0.25) is 6.10 Å². The maximum absolute atomic E-state index is 13.6. The maximum atomic E-state index is 13.6. The van der Waals surface area contributed by atoms with E-state index in [9.17, 15) is 14.0 Å². The second-order valence-electron chi connectivity index (χ2n) is 6.20. The third kappa shape index (κ3) is 4.00. The van der Waals surface area contributed by atoms with Gasteiger partial charge in [-0.2, -0.15) is 4.99 Å². The Labute approximate surface area is 169 Å². The molecule has 4 rings (SSSR count). The van der Waals surface area contributed by atoms with E-state index in [0.717, 1.165) is 11.3 Å². The molecule has 1 atom stereocenters. The number of thiazole rings is 1. The Hall–Kier alpha value is -3.20. The Morgan fingerprint density at radius 3 is 2.86 bits per heavy atom. The minimum Gasteiger partial charge on any atom is -0.485 e. The van der Waals surface area contributed by atoms with Crippen LogP contribution in [0, 0.1) is 5.82 Å². The first-order valence-electron chi connectivity index (χ1n) is 8.96. The lowest BCUT2D eigenvalue weighted by Gasteiger charge is -2.23.